The molecule has 0 saturated carbocycles. The molecule has 0 radical (unpaired) electrons. The summed E-state index contributed by atoms with van der Waals surface area (Å²) in [6, 6.07) is 15.5. The van der Waals surface area contributed by atoms with E-state index in [1.807, 2.05) is 42.6 Å². The van der Waals surface area contributed by atoms with Gasteiger partial charge in [0.05, 0.1) is 27.4 Å². The molecule has 8 heteroatoms. The van der Waals surface area contributed by atoms with Gasteiger partial charge in [0.1, 0.15) is 5.82 Å². The molecule has 0 spiro atoms. The molecule has 1 atom stereocenters. The standard InChI is InChI=1S/C24H21Cl2N5O/c25-19-10-15(11-20(26)24(19)32)14-1-3-21-18(9-14)22(5-7-28-21)30-17-2-4-23(29-12-17)31-8-6-16(27)13-31/h1-5,7,9-12,16,32H,6,8,13,27H2,(H,28,30). The molecule has 32 heavy (non-hydrogen) atoms. The van der Waals surface area contributed by atoms with E-state index < -0.39 is 0 Å². The molecule has 3 heterocycles. The molecule has 1 unspecified atom stereocenters. The molecule has 0 amide bonds. The zero-order valence-corrected chi connectivity index (χ0v) is 18.6. The lowest BCUT2D eigenvalue weighted by molar-refractivity contribution is 0.476. The second-order valence-corrected chi connectivity index (χ2v) is 8.72. The minimum absolute atomic E-state index is 0.117. The smallest absolute Gasteiger partial charge is 0.152 e. The van der Waals surface area contributed by atoms with Crippen molar-refractivity contribution in [2.24, 2.45) is 5.73 Å². The van der Waals surface area contributed by atoms with E-state index in [2.05, 4.69) is 20.2 Å². The van der Waals surface area contributed by atoms with Gasteiger partial charge in [-0.15, -0.1) is 0 Å². The van der Waals surface area contributed by atoms with Crippen LogP contribution in [0.1, 0.15) is 6.42 Å². The monoisotopic (exact) mass is 465 g/mol. The van der Waals surface area contributed by atoms with Crippen molar-refractivity contribution in [1.82, 2.24) is 9.97 Å². The number of nitrogens with zero attached hydrogens (tertiary/aromatic N) is 3. The fraction of sp³-hybridized carbons (Fsp3) is 0.167. The van der Waals surface area contributed by atoms with Gasteiger partial charge in [-0.25, -0.2) is 4.98 Å². The van der Waals surface area contributed by atoms with Crippen LogP contribution < -0.4 is 16.0 Å². The fourth-order valence-electron chi connectivity index (χ4n) is 3.96. The molecular formula is C24H21Cl2N5O. The summed E-state index contributed by atoms with van der Waals surface area (Å²) in [4.78, 5) is 11.3. The number of nitrogens with two attached hydrogens (primary N) is 1. The van der Waals surface area contributed by atoms with E-state index in [0.29, 0.717) is 0 Å². The number of hydrogen-bond donors (Lipinski definition) is 3. The van der Waals surface area contributed by atoms with E-state index in [9.17, 15) is 5.11 Å². The molecule has 2 aromatic heterocycles. The molecule has 6 nitrogen and oxygen atoms in total. The number of aromatic hydroxyl groups is 1. The maximum Gasteiger partial charge on any atom is 0.152 e. The third-order valence-corrected chi connectivity index (χ3v) is 6.24. The van der Waals surface area contributed by atoms with E-state index >= 15 is 0 Å². The van der Waals surface area contributed by atoms with Gasteiger partial charge in [-0.2, -0.15) is 0 Å². The number of rotatable bonds is 4. The van der Waals surface area contributed by atoms with Crippen molar-refractivity contribution in [2.45, 2.75) is 12.5 Å². The highest BCUT2D eigenvalue weighted by atomic mass is 35.5. The number of pyridine rings is 2. The lowest BCUT2D eigenvalue weighted by atomic mass is 10.0. The Morgan fingerprint density at radius 1 is 1.00 bits per heavy atom. The molecule has 5 rings (SSSR count). The summed E-state index contributed by atoms with van der Waals surface area (Å²) in [6.07, 6.45) is 4.59. The molecule has 4 aromatic rings. The predicted molar refractivity (Wildman–Crippen MR) is 131 cm³/mol. The van der Waals surface area contributed by atoms with Gasteiger partial charge in [0.25, 0.3) is 0 Å². The van der Waals surface area contributed by atoms with E-state index in [1.54, 1.807) is 18.3 Å². The van der Waals surface area contributed by atoms with Crippen LogP contribution in [0, 0.1) is 0 Å². The Bertz CT molecular complexity index is 1270. The van der Waals surface area contributed by atoms with E-state index in [4.69, 9.17) is 28.9 Å². The van der Waals surface area contributed by atoms with E-state index in [0.717, 1.165) is 58.7 Å². The quantitative estimate of drug-likeness (QED) is 0.364. The lowest BCUT2D eigenvalue weighted by Crippen LogP contribution is -2.26. The molecule has 2 aromatic carbocycles. The number of halogens is 2. The topological polar surface area (TPSA) is 87.3 Å². The van der Waals surface area contributed by atoms with Crippen LogP contribution >= 0.6 is 23.2 Å². The van der Waals surface area contributed by atoms with Crippen molar-refractivity contribution < 1.29 is 5.11 Å². The van der Waals surface area contributed by atoms with Gasteiger partial charge in [0.15, 0.2) is 5.75 Å². The first-order chi connectivity index (χ1) is 15.5. The van der Waals surface area contributed by atoms with Crippen LogP contribution in [-0.4, -0.2) is 34.2 Å². The minimum atomic E-state index is -0.117. The Hall–Kier alpha value is -3.06. The molecule has 1 aliphatic rings. The third-order valence-electron chi connectivity index (χ3n) is 5.67. The predicted octanol–water partition coefficient (Wildman–Crippen LogP) is 5.59. The van der Waals surface area contributed by atoms with Crippen LogP contribution in [0.4, 0.5) is 17.2 Å². The Kier molecular flexibility index (Phi) is 5.51. The molecule has 0 bridgehead atoms. The highest BCUT2D eigenvalue weighted by Gasteiger charge is 2.20. The van der Waals surface area contributed by atoms with Gasteiger partial charge in [-0.1, -0.05) is 29.3 Å². The van der Waals surface area contributed by atoms with Gasteiger partial charge in [-0.05, 0) is 60.0 Å². The Balaban J connectivity index is 1.46. The third kappa shape index (κ3) is 4.05. The normalized spacial score (nSPS) is 16.0. The highest BCUT2D eigenvalue weighted by Crippen LogP contribution is 2.38. The number of phenols is 1. The van der Waals surface area contributed by atoms with Crippen molar-refractivity contribution in [3.05, 3.63) is 71.0 Å². The molecule has 0 aliphatic carbocycles. The van der Waals surface area contributed by atoms with Gasteiger partial charge < -0.3 is 21.1 Å². The van der Waals surface area contributed by atoms with Crippen molar-refractivity contribution in [1.29, 1.82) is 0 Å². The summed E-state index contributed by atoms with van der Waals surface area (Å²) in [5.74, 6) is 0.820. The van der Waals surface area contributed by atoms with Crippen LogP contribution in [0.25, 0.3) is 22.0 Å². The van der Waals surface area contributed by atoms with Crippen molar-refractivity contribution in [2.75, 3.05) is 23.3 Å². The Labute approximate surface area is 195 Å². The molecule has 1 aliphatic heterocycles. The SMILES string of the molecule is NC1CCN(c2ccc(Nc3ccnc4ccc(-c5cc(Cl)c(O)c(Cl)c5)cc34)cn2)C1. The molecular weight excluding hydrogens is 445 g/mol. The van der Waals surface area contributed by atoms with Crippen LogP contribution in [-0.2, 0) is 0 Å². The Morgan fingerprint density at radius 2 is 1.81 bits per heavy atom. The number of aromatic nitrogens is 2. The summed E-state index contributed by atoms with van der Waals surface area (Å²) in [6.45, 7) is 1.77. The Morgan fingerprint density at radius 3 is 2.50 bits per heavy atom. The second kappa shape index (κ2) is 8.47. The molecule has 162 valence electrons. The van der Waals surface area contributed by atoms with Crippen molar-refractivity contribution in [3.8, 4) is 16.9 Å². The minimum Gasteiger partial charge on any atom is -0.505 e. The maximum absolute atomic E-state index is 9.86. The van der Waals surface area contributed by atoms with E-state index in [-0.39, 0.29) is 21.8 Å². The van der Waals surface area contributed by atoms with Crippen LogP contribution in [0.2, 0.25) is 10.0 Å². The summed E-state index contributed by atoms with van der Waals surface area (Å²) < 4.78 is 0. The number of hydrogen-bond acceptors (Lipinski definition) is 6. The first kappa shape index (κ1) is 20.8. The van der Waals surface area contributed by atoms with Crippen molar-refractivity contribution >= 4 is 51.3 Å². The molecule has 1 saturated heterocycles. The van der Waals surface area contributed by atoms with Gasteiger partial charge in [0, 0.05) is 36.4 Å². The highest BCUT2D eigenvalue weighted by molar-refractivity contribution is 6.37. The number of nitrogens with one attached hydrogen (secondary N) is 1. The first-order valence-corrected chi connectivity index (χ1v) is 11.0. The summed E-state index contributed by atoms with van der Waals surface area (Å²) in [5.41, 5.74) is 10.4. The summed E-state index contributed by atoms with van der Waals surface area (Å²) >= 11 is 12.2. The van der Waals surface area contributed by atoms with Crippen LogP contribution in [0.15, 0.2) is 60.9 Å². The van der Waals surface area contributed by atoms with Crippen LogP contribution in [0.5, 0.6) is 5.75 Å². The number of fused-ring (bicyclic) bond motifs is 1. The average Bonchev–Trinajstić information content (AvgIpc) is 3.24. The van der Waals surface area contributed by atoms with Gasteiger partial charge >= 0.3 is 0 Å². The lowest BCUT2D eigenvalue weighted by Gasteiger charge is -2.17. The van der Waals surface area contributed by atoms with Gasteiger partial charge in [0.2, 0.25) is 0 Å². The summed E-state index contributed by atoms with van der Waals surface area (Å²) in [5, 5.41) is 14.7. The first-order valence-electron chi connectivity index (χ1n) is 10.3. The largest absolute Gasteiger partial charge is 0.505 e. The molecule has 1 fully saturated rings. The number of anilines is 3. The fourth-order valence-corrected chi connectivity index (χ4v) is 4.45. The maximum atomic E-state index is 9.86. The summed E-state index contributed by atoms with van der Waals surface area (Å²) in [7, 11) is 0. The molecule has 4 N–H and O–H groups in total. The zero-order chi connectivity index (χ0) is 22.2. The van der Waals surface area contributed by atoms with Crippen molar-refractivity contribution in [3.63, 3.8) is 0 Å². The number of phenolic OH excluding ortho intramolecular Hbond substituents is 1. The van der Waals surface area contributed by atoms with Gasteiger partial charge in [-0.3, -0.25) is 4.98 Å². The van der Waals surface area contributed by atoms with Crippen LogP contribution in [0.3, 0.4) is 0 Å². The zero-order valence-electron chi connectivity index (χ0n) is 17.1. The van der Waals surface area contributed by atoms with E-state index in [1.165, 1.54) is 0 Å². The average molecular weight is 466 g/mol. The number of benzene rings is 2. The second-order valence-electron chi connectivity index (χ2n) is 7.90.